The van der Waals surface area contributed by atoms with Crippen LogP contribution in [0.1, 0.15) is 16.7 Å². The summed E-state index contributed by atoms with van der Waals surface area (Å²) in [5.41, 5.74) is 2.23. The molecule has 6 heteroatoms. The zero-order valence-electron chi connectivity index (χ0n) is 15.4. The number of benzene rings is 3. The van der Waals surface area contributed by atoms with Gasteiger partial charge < -0.3 is 30.6 Å². The molecule has 0 aliphatic rings. The van der Waals surface area contributed by atoms with Crippen LogP contribution in [-0.4, -0.2) is 30.6 Å². The Morgan fingerprint density at radius 1 is 0.519 bits per heavy atom. The van der Waals surface area contributed by atoms with Crippen LogP contribution in [0.2, 0.25) is 0 Å². The molecule has 0 saturated heterocycles. The first-order chi connectivity index (χ1) is 12.6. The Kier molecular flexibility index (Phi) is 7.82. The number of aromatic hydroxyl groups is 6. The lowest BCUT2D eigenvalue weighted by molar-refractivity contribution is 0.403. The molecular formula is C21H24O6. The summed E-state index contributed by atoms with van der Waals surface area (Å²) in [6.07, 6.45) is 0. The molecule has 6 N–H and O–H groups in total. The molecule has 0 spiro atoms. The van der Waals surface area contributed by atoms with Crippen molar-refractivity contribution in [2.75, 3.05) is 0 Å². The topological polar surface area (TPSA) is 121 Å². The highest BCUT2D eigenvalue weighted by Crippen LogP contribution is 2.24. The molecule has 3 aromatic rings. The number of hydrogen-bond donors (Lipinski definition) is 6. The van der Waals surface area contributed by atoms with E-state index in [0.717, 1.165) is 11.1 Å². The summed E-state index contributed by atoms with van der Waals surface area (Å²) in [5, 5.41) is 53.2. The highest BCUT2D eigenvalue weighted by Gasteiger charge is 1.97. The maximum absolute atomic E-state index is 8.94. The Bertz CT molecular complexity index is 820. The second kappa shape index (κ2) is 9.82. The van der Waals surface area contributed by atoms with Crippen LogP contribution in [0, 0.1) is 20.8 Å². The monoisotopic (exact) mass is 372 g/mol. The van der Waals surface area contributed by atoms with Gasteiger partial charge in [-0.05, 0) is 62.2 Å². The smallest absolute Gasteiger partial charge is 0.157 e. The van der Waals surface area contributed by atoms with E-state index in [1.54, 1.807) is 32.0 Å². The van der Waals surface area contributed by atoms with Crippen molar-refractivity contribution >= 4 is 0 Å². The van der Waals surface area contributed by atoms with E-state index in [4.69, 9.17) is 30.6 Å². The zero-order valence-corrected chi connectivity index (χ0v) is 15.4. The second-order valence-electron chi connectivity index (χ2n) is 5.88. The minimum absolute atomic E-state index is 0.0602. The molecule has 27 heavy (non-hydrogen) atoms. The van der Waals surface area contributed by atoms with Crippen LogP contribution in [0.5, 0.6) is 34.5 Å². The van der Waals surface area contributed by atoms with Gasteiger partial charge in [-0.15, -0.1) is 0 Å². The van der Waals surface area contributed by atoms with Crippen molar-refractivity contribution in [1.82, 2.24) is 0 Å². The lowest BCUT2D eigenvalue weighted by Crippen LogP contribution is -1.73. The van der Waals surface area contributed by atoms with Crippen molar-refractivity contribution in [3.8, 4) is 34.5 Å². The highest BCUT2D eigenvalue weighted by atomic mass is 16.3. The Labute approximate surface area is 157 Å². The summed E-state index contributed by atoms with van der Waals surface area (Å²) < 4.78 is 0. The van der Waals surface area contributed by atoms with Gasteiger partial charge in [0, 0.05) is 11.6 Å². The third-order valence-corrected chi connectivity index (χ3v) is 3.60. The first kappa shape index (κ1) is 21.5. The van der Waals surface area contributed by atoms with Crippen LogP contribution in [-0.2, 0) is 0 Å². The van der Waals surface area contributed by atoms with Crippen molar-refractivity contribution in [2.45, 2.75) is 20.8 Å². The van der Waals surface area contributed by atoms with E-state index in [1.807, 2.05) is 6.92 Å². The number of hydrogen-bond acceptors (Lipinski definition) is 6. The van der Waals surface area contributed by atoms with Gasteiger partial charge in [0.1, 0.15) is 23.0 Å². The van der Waals surface area contributed by atoms with Crippen molar-refractivity contribution in [2.24, 2.45) is 0 Å². The van der Waals surface area contributed by atoms with Crippen molar-refractivity contribution in [3.63, 3.8) is 0 Å². The molecule has 0 amide bonds. The van der Waals surface area contributed by atoms with Crippen molar-refractivity contribution in [3.05, 3.63) is 71.3 Å². The molecule has 0 atom stereocenters. The first-order valence-corrected chi connectivity index (χ1v) is 8.06. The van der Waals surface area contributed by atoms with E-state index >= 15 is 0 Å². The predicted molar refractivity (Wildman–Crippen MR) is 104 cm³/mol. The summed E-state index contributed by atoms with van der Waals surface area (Å²) in [4.78, 5) is 0. The zero-order chi connectivity index (χ0) is 20.6. The standard InChI is InChI=1S/3C7H8O2/c1-5-2-3-6(8)4-7(5)9;1-5-2-3-6(8)7(9)4-5;1-5-6(8)3-2-4-7(5)9/h3*2-4,8-9H,1H3. The molecule has 0 aromatic heterocycles. The Morgan fingerprint density at radius 2 is 1.11 bits per heavy atom. The molecule has 0 saturated carbocycles. The predicted octanol–water partition coefficient (Wildman–Crippen LogP) is 4.22. The quantitative estimate of drug-likeness (QED) is 0.329. The third-order valence-electron chi connectivity index (χ3n) is 3.60. The van der Waals surface area contributed by atoms with Crippen LogP contribution in [0.4, 0.5) is 0 Å². The SMILES string of the molecule is Cc1c(O)cccc1O.Cc1ccc(O)c(O)c1.Cc1ccc(O)cc1O. The molecule has 3 aromatic carbocycles. The summed E-state index contributed by atoms with van der Waals surface area (Å²) >= 11 is 0. The number of rotatable bonds is 0. The summed E-state index contributed by atoms with van der Waals surface area (Å²) in [6, 6.07) is 13.9. The maximum atomic E-state index is 8.94. The average Bonchev–Trinajstić information content (AvgIpc) is 2.61. The normalized spacial score (nSPS) is 9.44. The van der Waals surface area contributed by atoms with Crippen LogP contribution >= 0.6 is 0 Å². The minimum atomic E-state index is -0.0689. The van der Waals surface area contributed by atoms with E-state index in [-0.39, 0.29) is 34.5 Å². The molecule has 0 bridgehead atoms. The molecule has 0 aliphatic carbocycles. The van der Waals surface area contributed by atoms with Crippen LogP contribution in [0.3, 0.4) is 0 Å². The fourth-order valence-corrected chi connectivity index (χ4v) is 1.84. The Hall–Kier alpha value is -3.54. The van der Waals surface area contributed by atoms with Crippen LogP contribution < -0.4 is 0 Å². The molecule has 0 radical (unpaired) electrons. The average molecular weight is 372 g/mol. The molecule has 3 rings (SSSR count). The van der Waals surface area contributed by atoms with E-state index in [9.17, 15) is 0 Å². The fraction of sp³-hybridized carbons (Fsp3) is 0.143. The van der Waals surface area contributed by atoms with Crippen LogP contribution in [0.25, 0.3) is 0 Å². The van der Waals surface area contributed by atoms with Gasteiger partial charge in [-0.3, -0.25) is 0 Å². The highest BCUT2D eigenvalue weighted by molar-refractivity contribution is 5.41. The lowest BCUT2D eigenvalue weighted by Gasteiger charge is -1.98. The Balaban J connectivity index is 0.000000202. The van der Waals surface area contributed by atoms with E-state index in [0.29, 0.717) is 5.56 Å². The number of phenolic OH excluding ortho intramolecular Hbond substituents is 6. The third kappa shape index (κ3) is 7.07. The van der Waals surface area contributed by atoms with E-state index in [2.05, 4.69) is 0 Å². The van der Waals surface area contributed by atoms with Gasteiger partial charge in [0.05, 0.1) is 0 Å². The van der Waals surface area contributed by atoms with Gasteiger partial charge in [-0.1, -0.05) is 18.2 Å². The molecule has 0 aliphatic heterocycles. The Morgan fingerprint density at radius 3 is 1.52 bits per heavy atom. The van der Waals surface area contributed by atoms with Gasteiger partial charge in [-0.2, -0.15) is 0 Å². The van der Waals surface area contributed by atoms with Gasteiger partial charge in [-0.25, -0.2) is 0 Å². The molecule has 0 unspecified atom stereocenters. The second-order valence-corrected chi connectivity index (χ2v) is 5.88. The lowest BCUT2D eigenvalue weighted by atomic mass is 10.2. The number of phenols is 6. The molecular weight excluding hydrogens is 348 g/mol. The molecule has 0 heterocycles. The molecule has 6 nitrogen and oxygen atoms in total. The van der Waals surface area contributed by atoms with Gasteiger partial charge >= 0.3 is 0 Å². The van der Waals surface area contributed by atoms with Gasteiger partial charge in [0.25, 0.3) is 0 Å². The van der Waals surface area contributed by atoms with E-state index < -0.39 is 0 Å². The van der Waals surface area contributed by atoms with Gasteiger partial charge in [0.2, 0.25) is 0 Å². The summed E-state index contributed by atoms with van der Waals surface area (Å²) in [5.74, 6) is 0.369. The molecule has 144 valence electrons. The first-order valence-electron chi connectivity index (χ1n) is 8.06. The molecule has 0 fully saturated rings. The maximum Gasteiger partial charge on any atom is 0.157 e. The number of aryl methyl sites for hydroxylation is 2. The summed E-state index contributed by atoms with van der Waals surface area (Å²) in [7, 11) is 0. The van der Waals surface area contributed by atoms with E-state index in [1.165, 1.54) is 36.4 Å². The fourth-order valence-electron chi connectivity index (χ4n) is 1.84. The van der Waals surface area contributed by atoms with Gasteiger partial charge in [0.15, 0.2) is 11.5 Å². The largest absolute Gasteiger partial charge is 0.508 e. The summed E-state index contributed by atoms with van der Waals surface area (Å²) in [6.45, 7) is 5.28. The van der Waals surface area contributed by atoms with Crippen molar-refractivity contribution in [1.29, 1.82) is 0 Å². The van der Waals surface area contributed by atoms with Crippen molar-refractivity contribution < 1.29 is 30.6 Å². The minimum Gasteiger partial charge on any atom is -0.508 e. The van der Waals surface area contributed by atoms with Crippen LogP contribution in [0.15, 0.2) is 54.6 Å².